The first kappa shape index (κ1) is 19.3. The molecule has 6 heteroatoms. The van der Waals surface area contributed by atoms with E-state index in [4.69, 9.17) is 26.8 Å². The first-order valence-electron chi connectivity index (χ1n) is 9.12. The van der Waals surface area contributed by atoms with Gasteiger partial charge in [0.25, 0.3) is 6.02 Å². The van der Waals surface area contributed by atoms with Crippen LogP contribution < -0.4 is 10.5 Å². The van der Waals surface area contributed by atoms with Gasteiger partial charge in [-0.15, -0.1) is 0 Å². The highest BCUT2D eigenvalue weighted by Crippen LogP contribution is 2.41. The van der Waals surface area contributed by atoms with Crippen LogP contribution >= 0.6 is 11.6 Å². The van der Waals surface area contributed by atoms with Crippen molar-refractivity contribution in [3.63, 3.8) is 0 Å². The average molecular weight is 411 g/mol. The molecule has 0 radical (unpaired) electrons. The highest BCUT2D eigenvalue weighted by molar-refractivity contribution is 6.30. The highest BCUT2D eigenvalue weighted by atomic mass is 35.5. The predicted octanol–water partition coefficient (Wildman–Crippen LogP) is 5.05. The van der Waals surface area contributed by atoms with E-state index in [0.717, 1.165) is 22.4 Å². The second-order valence-corrected chi connectivity index (χ2v) is 7.42. The number of nitrogens with zero attached hydrogens (tertiary/aromatic N) is 1. The van der Waals surface area contributed by atoms with Crippen LogP contribution in [0.3, 0.4) is 0 Å². The zero-order valence-corrected chi connectivity index (χ0v) is 16.8. The molecule has 148 valence electrons. The summed E-state index contributed by atoms with van der Waals surface area (Å²) in [7, 11) is 1.63. The van der Waals surface area contributed by atoms with Crippen LogP contribution in [0.25, 0.3) is 11.1 Å². The molecule has 1 atom stereocenters. The second-order valence-electron chi connectivity index (χ2n) is 6.99. The number of amidine groups is 1. The number of hydrogen-bond acceptors (Lipinski definition) is 4. The van der Waals surface area contributed by atoms with Gasteiger partial charge in [0.15, 0.2) is 5.54 Å². The Balaban J connectivity index is 1.90. The Morgan fingerprint density at radius 1 is 1.10 bits per heavy atom. The number of rotatable bonds is 4. The zero-order chi connectivity index (χ0) is 20.6. The highest BCUT2D eigenvalue weighted by Gasteiger charge is 2.40. The first-order chi connectivity index (χ1) is 13.9. The van der Waals surface area contributed by atoms with Crippen molar-refractivity contribution in [1.29, 1.82) is 0 Å². The van der Waals surface area contributed by atoms with Crippen molar-refractivity contribution in [2.75, 3.05) is 13.7 Å². The smallest absolute Gasteiger partial charge is 0.283 e. The molecule has 0 fully saturated rings. The summed E-state index contributed by atoms with van der Waals surface area (Å²) in [6.07, 6.45) is 0. The average Bonchev–Trinajstić information content (AvgIpc) is 3.11. The van der Waals surface area contributed by atoms with Gasteiger partial charge in [0.1, 0.15) is 18.2 Å². The summed E-state index contributed by atoms with van der Waals surface area (Å²) in [5.74, 6) is 0.437. The third kappa shape index (κ3) is 3.42. The van der Waals surface area contributed by atoms with Gasteiger partial charge in [-0.25, -0.2) is 9.38 Å². The van der Waals surface area contributed by atoms with E-state index < -0.39 is 5.54 Å². The first-order valence-corrected chi connectivity index (χ1v) is 9.50. The van der Waals surface area contributed by atoms with E-state index >= 15 is 0 Å². The number of benzene rings is 3. The number of aryl methyl sites for hydroxylation is 1. The number of aliphatic imine (C=N–C) groups is 1. The SMILES string of the molecule is COc1ccc(C2(c3ccc(F)c(-c4cccc(Cl)c4)c3)COC(N)=N2)cc1C. The molecule has 4 rings (SSSR count). The molecule has 1 unspecified atom stereocenters. The maximum Gasteiger partial charge on any atom is 0.283 e. The molecule has 0 spiro atoms. The fourth-order valence-electron chi connectivity index (χ4n) is 3.69. The largest absolute Gasteiger partial charge is 0.496 e. The third-order valence-corrected chi connectivity index (χ3v) is 5.42. The number of hydrogen-bond donors (Lipinski definition) is 1. The standard InChI is InChI=1S/C23H20ClFN2O2/c1-14-10-16(7-9-21(14)28-2)23(13-29-22(26)27-23)17-6-8-20(25)19(12-17)15-4-3-5-18(24)11-15/h3-12H,13H2,1-2H3,(H2,26,27). The van der Waals surface area contributed by atoms with Crippen LogP contribution in [0.5, 0.6) is 5.75 Å². The predicted molar refractivity (Wildman–Crippen MR) is 113 cm³/mol. The lowest BCUT2D eigenvalue weighted by Crippen LogP contribution is -2.27. The normalized spacial score (nSPS) is 18.3. The van der Waals surface area contributed by atoms with Crippen molar-refractivity contribution in [1.82, 2.24) is 0 Å². The topological polar surface area (TPSA) is 56.8 Å². The Labute approximate surface area is 173 Å². The van der Waals surface area contributed by atoms with Crippen LogP contribution in [0.1, 0.15) is 16.7 Å². The van der Waals surface area contributed by atoms with Crippen LogP contribution in [-0.4, -0.2) is 19.7 Å². The van der Waals surface area contributed by atoms with Gasteiger partial charge in [-0.1, -0.05) is 35.9 Å². The molecule has 4 nitrogen and oxygen atoms in total. The van der Waals surface area contributed by atoms with Crippen molar-refractivity contribution in [3.05, 3.63) is 88.2 Å². The molecular weight excluding hydrogens is 391 g/mol. The molecule has 0 saturated carbocycles. The fourth-order valence-corrected chi connectivity index (χ4v) is 3.88. The number of halogens is 2. The van der Waals surface area contributed by atoms with Gasteiger partial charge in [0.05, 0.1) is 7.11 Å². The second kappa shape index (κ2) is 7.41. The molecule has 1 aliphatic heterocycles. The van der Waals surface area contributed by atoms with E-state index in [2.05, 4.69) is 4.99 Å². The van der Waals surface area contributed by atoms with Gasteiger partial charge in [0, 0.05) is 10.6 Å². The molecule has 0 bridgehead atoms. The molecule has 1 aliphatic rings. The van der Waals surface area contributed by atoms with Crippen LogP contribution in [0.4, 0.5) is 4.39 Å². The molecule has 0 amide bonds. The van der Waals surface area contributed by atoms with Crippen LogP contribution in [0.2, 0.25) is 5.02 Å². The molecule has 0 aromatic heterocycles. The van der Waals surface area contributed by atoms with Crippen LogP contribution in [0.15, 0.2) is 65.7 Å². The molecule has 29 heavy (non-hydrogen) atoms. The van der Waals surface area contributed by atoms with E-state index in [9.17, 15) is 4.39 Å². The lowest BCUT2D eigenvalue weighted by molar-refractivity contribution is 0.278. The van der Waals surface area contributed by atoms with Crippen molar-refractivity contribution >= 4 is 17.6 Å². The Hall–Kier alpha value is -3.05. The monoisotopic (exact) mass is 410 g/mol. The van der Waals surface area contributed by atoms with Gasteiger partial charge in [-0.2, -0.15) is 0 Å². The summed E-state index contributed by atoms with van der Waals surface area (Å²) >= 11 is 6.11. The quantitative estimate of drug-likeness (QED) is 0.654. The van der Waals surface area contributed by atoms with Crippen molar-refractivity contribution in [2.45, 2.75) is 12.5 Å². The summed E-state index contributed by atoms with van der Waals surface area (Å²) in [5.41, 5.74) is 8.77. The van der Waals surface area contributed by atoms with E-state index in [0.29, 0.717) is 16.1 Å². The number of ether oxygens (including phenoxy) is 2. The fraction of sp³-hybridized carbons (Fsp3) is 0.174. The van der Waals surface area contributed by atoms with E-state index in [1.54, 1.807) is 37.4 Å². The zero-order valence-electron chi connectivity index (χ0n) is 16.1. The van der Waals surface area contributed by atoms with Gasteiger partial charge in [0.2, 0.25) is 0 Å². The molecule has 0 saturated heterocycles. The van der Waals surface area contributed by atoms with Crippen molar-refractivity contribution < 1.29 is 13.9 Å². The Kier molecular flexibility index (Phi) is 4.92. The lowest BCUT2D eigenvalue weighted by Gasteiger charge is -2.26. The summed E-state index contributed by atoms with van der Waals surface area (Å²) in [6.45, 7) is 2.19. The molecule has 0 aliphatic carbocycles. The number of methoxy groups -OCH3 is 1. The van der Waals surface area contributed by atoms with E-state index in [1.165, 1.54) is 6.07 Å². The van der Waals surface area contributed by atoms with E-state index in [1.807, 2.05) is 31.2 Å². The van der Waals surface area contributed by atoms with Crippen molar-refractivity contribution in [3.8, 4) is 16.9 Å². The Morgan fingerprint density at radius 3 is 2.52 bits per heavy atom. The molecule has 1 heterocycles. The maximum absolute atomic E-state index is 14.7. The van der Waals surface area contributed by atoms with Gasteiger partial charge in [-0.3, -0.25) is 0 Å². The molecule has 2 N–H and O–H groups in total. The third-order valence-electron chi connectivity index (χ3n) is 5.18. The summed E-state index contributed by atoms with van der Waals surface area (Å²) < 4.78 is 25.6. The van der Waals surface area contributed by atoms with E-state index in [-0.39, 0.29) is 18.4 Å². The Morgan fingerprint density at radius 2 is 1.86 bits per heavy atom. The minimum atomic E-state index is -0.873. The molecular formula is C23H20ClFN2O2. The molecule has 3 aromatic rings. The van der Waals surface area contributed by atoms with Gasteiger partial charge in [-0.05, 0) is 65.6 Å². The molecule has 3 aromatic carbocycles. The van der Waals surface area contributed by atoms with Crippen LogP contribution in [-0.2, 0) is 10.3 Å². The van der Waals surface area contributed by atoms with Crippen molar-refractivity contribution in [2.24, 2.45) is 10.7 Å². The van der Waals surface area contributed by atoms with Gasteiger partial charge >= 0.3 is 0 Å². The van der Waals surface area contributed by atoms with Crippen LogP contribution in [0, 0.1) is 12.7 Å². The lowest BCUT2D eigenvalue weighted by atomic mass is 9.82. The van der Waals surface area contributed by atoms with Gasteiger partial charge < -0.3 is 15.2 Å². The Bertz CT molecular complexity index is 1120. The minimum Gasteiger partial charge on any atom is -0.496 e. The maximum atomic E-state index is 14.7. The summed E-state index contributed by atoms with van der Waals surface area (Å²) in [5, 5.41) is 0.541. The number of nitrogens with two attached hydrogens (primary N) is 1. The minimum absolute atomic E-state index is 0.104. The summed E-state index contributed by atoms with van der Waals surface area (Å²) in [6, 6.07) is 18.0. The summed E-state index contributed by atoms with van der Waals surface area (Å²) in [4.78, 5) is 4.62.